The van der Waals surface area contributed by atoms with Gasteiger partial charge in [-0.2, -0.15) is 4.98 Å². The Hall–Kier alpha value is -1.75. The first-order valence-corrected chi connectivity index (χ1v) is 4.97. The van der Waals surface area contributed by atoms with Gasteiger partial charge in [0.2, 0.25) is 5.89 Å². The summed E-state index contributed by atoms with van der Waals surface area (Å²) in [6.07, 6.45) is 0.486. The minimum atomic E-state index is -0.259. The fourth-order valence-corrected chi connectivity index (χ4v) is 1.30. The molecule has 1 heterocycles. The average Bonchev–Trinajstić information content (AvgIpc) is 2.70. The Morgan fingerprint density at radius 2 is 2.06 bits per heavy atom. The van der Waals surface area contributed by atoms with E-state index in [1.54, 1.807) is 19.1 Å². The van der Waals surface area contributed by atoms with E-state index in [-0.39, 0.29) is 11.9 Å². The fourth-order valence-electron chi connectivity index (χ4n) is 1.30. The molecule has 16 heavy (non-hydrogen) atoms. The van der Waals surface area contributed by atoms with Crippen LogP contribution in [0.2, 0.25) is 0 Å². The molecule has 0 aliphatic rings. The lowest BCUT2D eigenvalue weighted by Gasteiger charge is -1.96. The van der Waals surface area contributed by atoms with Crippen LogP contribution < -0.4 is 5.73 Å². The highest BCUT2D eigenvalue weighted by atomic mass is 19.1. The standard InChI is InChI=1S/C11H12FN3O/c1-7(13)11-14-10(16-15-11)6-8-2-4-9(12)5-3-8/h2-5,7H,6,13H2,1H3. The van der Waals surface area contributed by atoms with Crippen LogP contribution in [-0.4, -0.2) is 10.1 Å². The van der Waals surface area contributed by atoms with E-state index in [9.17, 15) is 4.39 Å². The van der Waals surface area contributed by atoms with Gasteiger partial charge >= 0.3 is 0 Å². The van der Waals surface area contributed by atoms with Crippen LogP contribution in [0.1, 0.15) is 30.2 Å². The molecule has 4 nitrogen and oxygen atoms in total. The third kappa shape index (κ3) is 2.43. The molecule has 2 aromatic rings. The zero-order valence-corrected chi connectivity index (χ0v) is 8.85. The highest BCUT2D eigenvalue weighted by Gasteiger charge is 2.10. The molecule has 5 heteroatoms. The first-order chi connectivity index (χ1) is 7.65. The number of hydrogen-bond donors (Lipinski definition) is 1. The zero-order valence-electron chi connectivity index (χ0n) is 8.85. The van der Waals surface area contributed by atoms with Gasteiger partial charge in [0.15, 0.2) is 5.82 Å². The van der Waals surface area contributed by atoms with Crippen LogP contribution in [0.3, 0.4) is 0 Å². The highest BCUT2D eigenvalue weighted by Crippen LogP contribution is 2.11. The number of benzene rings is 1. The van der Waals surface area contributed by atoms with Crippen molar-refractivity contribution in [3.8, 4) is 0 Å². The van der Waals surface area contributed by atoms with Crippen LogP contribution >= 0.6 is 0 Å². The highest BCUT2D eigenvalue weighted by molar-refractivity contribution is 5.19. The third-order valence-electron chi connectivity index (χ3n) is 2.16. The van der Waals surface area contributed by atoms with Crippen molar-refractivity contribution in [3.63, 3.8) is 0 Å². The quantitative estimate of drug-likeness (QED) is 0.858. The number of aromatic nitrogens is 2. The molecule has 2 N–H and O–H groups in total. The van der Waals surface area contributed by atoms with Crippen LogP contribution in [0.25, 0.3) is 0 Å². The van der Waals surface area contributed by atoms with Gasteiger partial charge in [-0.05, 0) is 24.6 Å². The normalized spacial score (nSPS) is 12.7. The van der Waals surface area contributed by atoms with Crippen molar-refractivity contribution in [1.29, 1.82) is 0 Å². The van der Waals surface area contributed by atoms with Crippen LogP contribution in [-0.2, 0) is 6.42 Å². The molecule has 1 aromatic carbocycles. The van der Waals surface area contributed by atoms with Gasteiger partial charge in [0.05, 0.1) is 12.5 Å². The molecular formula is C11H12FN3O. The molecule has 2 rings (SSSR count). The lowest BCUT2D eigenvalue weighted by Crippen LogP contribution is -2.06. The van der Waals surface area contributed by atoms with Crippen LogP contribution in [0.5, 0.6) is 0 Å². The molecule has 0 saturated carbocycles. The van der Waals surface area contributed by atoms with E-state index >= 15 is 0 Å². The monoisotopic (exact) mass is 221 g/mol. The predicted molar refractivity (Wildman–Crippen MR) is 56.1 cm³/mol. The second-order valence-electron chi connectivity index (χ2n) is 3.64. The van der Waals surface area contributed by atoms with Crippen molar-refractivity contribution in [2.45, 2.75) is 19.4 Å². The van der Waals surface area contributed by atoms with E-state index in [2.05, 4.69) is 10.1 Å². The Balaban J connectivity index is 2.11. The average molecular weight is 221 g/mol. The Labute approximate surface area is 92.3 Å². The maximum Gasteiger partial charge on any atom is 0.231 e. The fraction of sp³-hybridized carbons (Fsp3) is 0.273. The molecule has 1 unspecified atom stereocenters. The van der Waals surface area contributed by atoms with E-state index in [0.29, 0.717) is 18.1 Å². The van der Waals surface area contributed by atoms with Gasteiger partial charge in [-0.15, -0.1) is 0 Å². The molecule has 0 aliphatic carbocycles. The summed E-state index contributed by atoms with van der Waals surface area (Å²) in [5.41, 5.74) is 6.52. The molecule has 0 saturated heterocycles. The van der Waals surface area contributed by atoms with Gasteiger partial charge in [-0.1, -0.05) is 17.3 Å². The van der Waals surface area contributed by atoms with E-state index in [1.807, 2.05) is 0 Å². The summed E-state index contributed by atoms with van der Waals surface area (Å²) in [6.45, 7) is 1.78. The molecule has 0 bridgehead atoms. The summed E-state index contributed by atoms with van der Waals surface area (Å²) in [7, 11) is 0. The lowest BCUT2D eigenvalue weighted by atomic mass is 10.1. The second kappa shape index (κ2) is 4.40. The maximum atomic E-state index is 12.7. The molecule has 0 radical (unpaired) electrons. The first kappa shape index (κ1) is 10.8. The van der Waals surface area contributed by atoms with Crippen LogP contribution in [0.15, 0.2) is 28.8 Å². The third-order valence-corrected chi connectivity index (χ3v) is 2.16. The van der Waals surface area contributed by atoms with E-state index in [1.165, 1.54) is 12.1 Å². The number of hydrogen-bond acceptors (Lipinski definition) is 4. The van der Waals surface area contributed by atoms with Gasteiger partial charge in [0.25, 0.3) is 0 Å². The Morgan fingerprint density at radius 3 is 2.62 bits per heavy atom. The van der Waals surface area contributed by atoms with Crippen molar-refractivity contribution < 1.29 is 8.91 Å². The topological polar surface area (TPSA) is 64.9 Å². The molecule has 1 atom stereocenters. The Bertz CT molecular complexity index is 464. The SMILES string of the molecule is CC(N)c1noc(Cc2ccc(F)cc2)n1. The van der Waals surface area contributed by atoms with Gasteiger partial charge < -0.3 is 10.3 Å². The molecular weight excluding hydrogens is 209 g/mol. The molecule has 1 aromatic heterocycles. The minimum Gasteiger partial charge on any atom is -0.339 e. The molecule has 0 aliphatic heterocycles. The Morgan fingerprint density at radius 1 is 1.38 bits per heavy atom. The van der Waals surface area contributed by atoms with Crippen molar-refractivity contribution in [3.05, 3.63) is 47.4 Å². The van der Waals surface area contributed by atoms with Crippen LogP contribution in [0, 0.1) is 5.82 Å². The summed E-state index contributed by atoms with van der Waals surface area (Å²) >= 11 is 0. The number of rotatable bonds is 3. The summed E-state index contributed by atoms with van der Waals surface area (Å²) in [5, 5.41) is 3.74. The van der Waals surface area contributed by atoms with Gasteiger partial charge in [-0.25, -0.2) is 4.39 Å². The number of nitrogens with two attached hydrogens (primary N) is 1. The predicted octanol–water partition coefficient (Wildman–Crippen LogP) is 1.82. The van der Waals surface area contributed by atoms with Crippen molar-refractivity contribution in [2.75, 3.05) is 0 Å². The molecule has 0 spiro atoms. The lowest BCUT2D eigenvalue weighted by molar-refractivity contribution is 0.377. The van der Waals surface area contributed by atoms with E-state index < -0.39 is 0 Å². The number of halogens is 1. The van der Waals surface area contributed by atoms with Crippen molar-refractivity contribution >= 4 is 0 Å². The summed E-state index contributed by atoms with van der Waals surface area (Å²) < 4.78 is 17.7. The van der Waals surface area contributed by atoms with E-state index in [0.717, 1.165) is 5.56 Å². The Kier molecular flexibility index (Phi) is 2.96. The zero-order chi connectivity index (χ0) is 11.5. The first-order valence-electron chi connectivity index (χ1n) is 4.97. The van der Waals surface area contributed by atoms with Gasteiger partial charge in [0, 0.05) is 0 Å². The molecule has 84 valence electrons. The smallest absolute Gasteiger partial charge is 0.231 e. The van der Waals surface area contributed by atoms with Gasteiger partial charge in [0.1, 0.15) is 5.82 Å². The summed E-state index contributed by atoms with van der Waals surface area (Å²) in [5.74, 6) is 0.710. The maximum absolute atomic E-state index is 12.7. The van der Waals surface area contributed by atoms with Crippen LogP contribution in [0.4, 0.5) is 4.39 Å². The van der Waals surface area contributed by atoms with Gasteiger partial charge in [-0.3, -0.25) is 0 Å². The van der Waals surface area contributed by atoms with E-state index in [4.69, 9.17) is 10.3 Å². The van der Waals surface area contributed by atoms with Crippen molar-refractivity contribution in [2.24, 2.45) is 5.73 Å². The molecule has 0 amide bonds. The van der Waals surface area contributed by atoms with Crippen molar-refractivity contribution in [1.82, 2.24) is 10.1 Å². The summed E-state index contributed by atoms with van der Waals surface area (Å²) in [4.78, 5) is 4.13. The number of nitrogens with zero attached hydrogens (tertiary/aromatic N) is 2. The molecule has 0 fully saturated rings. The second-order valence-corrected chi connectivity index (χ2v) is 3.64. The largest absolute Gasteiger partial charge is 0.339 e. The minimum absolute atomic E-state index is 0.245. The summed E-state index contributed by atoms with van der Waals surface area (Å²) in [6, 6.07) is 5.93.